The van der Waals surface area contributed by atoms with Crippen molar-refractivity contribution in [1.82, 2.24) is 14.8 Å². The van der Waals surface area contributed by atoms with Gasteiger partial charge in [0.2, 0.25) is 10.0 Å². The van der Waals surface area contributed by atoms with Gasteiger partial charge in [-0.1, -0.05) is 13.0 Å². The molecular weight excluding hydrogens is 302 g/mol. The summed E-state index contributed by atoms with van der Waals surface area (Å²) in [6.45, 7) is 2.02. The molecule has 0 aliphatic heterocycles. The van der Waals surface area contributed by atoms with Crippen LogP contribution in [0.5, 0.6) is 0 Å². The molecule has 0 saturated heterocycles. The molecular formula is C14H17N5O2S. The molecule has 2 rings (SSSR count). The van der Waals surface area contributed by atoms with E-state index in [0.29, 0.717) is 23.5 Å². The number of aromatic nitrogens is 3. The summed E-state index contributed by atoms with van der Waals surface area (Å²) in [4.78, 5) is 0. The number of anilines is 1. The zero-order valence-corrected chi connectivity index (χ0v) is 13.5. The molecule has 0 amide bonds. The smallest absolute Gasteiger partial charge is 0.232 e. The highest BCUT2D eigenvalue weighted by Crippen LogP contribution is 2.21. The summed E-state index contributed by atoms with van der Waals surface area (Å²) in [5.74, 6) is 1.33. The molecule has 0 radical (unpaired) electrons. The average molecular weight is 319 g/mol. The van der Waals surface area contributed by atoms with Crippen molar-refractivity contribution >= 4 is 15.7 Å². The summed E-state index contributed by atoms with van der Waals surface area (Å²) >= 11 is 0. The lowest BCUT2D eigenvalue weighted by molar-refractivity contribution is 0.594. The minimum Gasteiger partial charge on any atom is -0.317 e. The van der Waals surface area contributed by atoms with E-state index >= 15 is 0 Å². The minimum atomic E-state index is -3.51. The third-order valence-corrected chi connectivity index (χ3v) is 4.46. The molecule has 2 aromatic rings. The Morgan fingerprint density at radius 3 is 2.55 bits per heavy atom. The molecule has 116 valence electrons. The highest BCUT2D eigenvalue weighted by atomic mass is 32.2. The van der Waals surface area contributed by atoms with Crippen molar-refractivity contribution in [2.45, 2.75) is 19.9 Å². The van der Waals surface area contributed by atoms with Crippen LogP contribution in [0.2, 0.25) is 0 Å². The van der Waals surface area contributed by atoms with Gasteiger partial charge < -0.3 is 4.57 Å². The van der Waals surface area contributed by atoms with Crippen LogP contribution in [0.3, 0.4) is 0 Å². The van der Waals surface area contributed by atoms with Crippen LogP contribution in [0.15, 0.2) is 24.3 Å². The summed E-state index contributed by atoms with van der Waals surface area (Å²) in [5.41, 5.74) is 0.834. The Morgan fingerprint density at radius 2 is 2.00 bits per heavy atom. The fourth-order valence-electron chi connectivity index (χ4n) is 2.10. The van der Waals surface area contributed by atoms with E-state index < -0.39 is 10.0 Å². The lowest BCUT2D eigenvalue weighted by Crippen LogP contribution is -2.30. The Kier molecular flexibility index (Phi) is 4.47. The van der Waals surface area contributed by atoms with Gasteiger partial charge in [0, 0.05) is 13.5 Å². The normalized spacial score (nSPS) is 11.2. The molecule has 1 heterocycles. The number of nitrogens with zero attached hydrogens (tertiary/aromatic N) is 5. The maximum atomic E-state index is 12.1. The number of nitriles is 1. The number of aryl methyl sites for hydroxylation is 1. The van der Waals surface area contributed by atoms with Gasteiger partial charge in [-0.2, -0.15) is 5.26 Å². The Morgan fingerprint density at radius 1 is 1.32 bits per heavy atom. The van der Waals surface area contributed by atoms with Gasteiger partial charge in [0.25, 0.3) is 0 Å². The highest BCUT2D eigenvalue weighted by Gasteiger charge is 2.21. The first-order valence-corrected chi connectivity index (χ1v) is 8.56. The van der Waals surface area contributed by atoms with Crippen LogP contribution in [-0.4, -0.2) is 29.4 Å². The van der Waals surface area contributed by atoms with E-state index in [1.807, 2.05) is 13.0 Å². The molecule has 0 atom stereocenters. The fourth-order valence-corrected chi connectivity index (χ4v) is 2.95. The van der Waals surface area contributed by atoms with E-state index in [4.69, 9.17) is 5.26 Å². The van der Waals surface area contributed by atoms with E-state index in [1.54, 1.807) is 29.8 Å². The Labute approximate surface area is 129 Å². The maximum absolute atomic E-state index is 12.1. The summed E-state index contributed by atoms with van der Waals surface area (Å²) in [7, 11) is -1.71. The van der Waals surface area contributed by atoms with Gasteiger partial charge in [0.05, 0.1) is 30.1 Å². The Balaban J connectivity index is 2.43. The van der Waals surface area contributed by atoms with E-state index in [2.05, 4.69) is 10.2 Å². The van der Waals surface area contributed by atoms with E-state index in [9.17, 15) is 8.42 Å². The third-order valence-electron chi connectivity index (χ3n) is 3.32. The van der Waals surface area contributed by atoms with E-state index in [1.165, 1.54) is 10.4 Å². The van der Waals surface area contributed by atoms with Gasteiger partial charge in [-0.3, -0.25) is 4.31 Å². The first-order chi connectivity index (χ1) is 10.4. The molecule has 1 aromatic heterocycles. The van der Waals surface area contributed by atoms with Crippen LogP contribution in [0.4, 0.5) is 5.69 Å². The van der Waals surface area contributed by atoms with Crippen molar-refractivity contribution in [3.05, 3.63) is 41.5 Å². The van der Waals surface area contributed by atoms with Crippen LogP contribution in [-0.2, 0) is 30.0 Å². The number of hydrogen-bond acceptors (Lipinski definition) is 5. The van der Waals surface area contributed by atoms with Gasteiger partial charge in [0.15, 0.2) is 5.82 Å². The molecule has 0 spiro atoms. The van der Waals surface area contributed by atoms with Crippen LogP contribution >= 0.6 is 0 Å². The predicted molar refractivity (Wildman–Crippen MR) is 82.6 cm³/mol. The molecule has 0 aliphatic carbocycles. The predicted octanol–water partition coefficient (Wildman–Crippen LogP) is 1.22. The zero-order chi connectivity index (χ0) is 16.3. The fraction of sp³-hybridized carbons (Fsp3) is 0.357. The lowest BCUT2D eigenvalue weighted by Gasteiger charge is -2.22. The molecule has 0 fully saturated rings. The monoisotopic (exact) mass is 319 g/mol. The van der Waals surface area contributed by atoms with Crippen molar-refractivity contribution in [3.63, 3.8) is 0 Å². The maximum Gasteiger partial charge on any atom is 0.232 e. The molecule has 0 unspecified atom stereocenters. The first-order valence-electron chi connectivity index (χ1n) is 6.71. The Bertz CT molecular complexity index is 820. The summed E-state index contributed by atoms with van der Waals surface area (Å²) in [5, 5.41) is 17.1. The van der Waals surface area contributed by atoms with Gasteiger partial charge in [-0.15, -0.1) is 10.2 Å². The van der Waals surface area contributed by atoms with Crippen molar-refractivity contribution in [3.8, 4) is 6.07 Å². The second kappa shape index (κ2) is 6.15. The van der Waals surface area contributed by atoms with Gasteiger partial charge in [-0.25, -0.2) is 8.42 Å². The number of benzene rings is 1. The number of hydrogen-bond donors (Lipinski definition) is 0. The molecule has 22 heavy (non-hydrogen) atoms. The van der Waals surface area contributed by atoms with Gasteiger partial charge >= 0.3 is 0 Å². The summed E-state index contributed by atoms with van der Waals surface area (Å²) in [6, 6.07) is 8.48. The second-order valence-corrected chi connectivity index (χ2v) is 6.78. The molecule has 0 saturated carbocycles. The second-order valence-electron chi connectivity index (χ2n) is 4.88. The number of sulfonamides is 1. The SMILES string of the molecule is CCc1nnc(CN(c2cccc(C#N)c2)S(C)(=O)=O)n1C. The molecule has 7 nitrogen and oxygen atoms in total. The van der Waals surface area contributed by atoms with Crippen molar-refractivity contribution in [2.75, 3.05) is 10.6 Å². The molecule has 0 N–H and O–H groups in total. The minimum absolute atomic E-state index is 0.0667. The quantitative estimate of drug-likeness (QED) is 0.826. The molecule has 0 aliphatic rings. The standard InChI is InChI=1S/C14H17N5O2S/c1-4-13-16-17-14(18(13)2)10-19(22(3,20)21)12-7-5-6-11(8-12)9-15/h5-8H,4,10H2,1-3H3. The summed E-state index contributed by atoms with van der Waals surface area (Å²) < 4.78 is 27.2. The van der Waals surface area contributed by atoms with Crippen LogP contribution in [0.25, 0.3) is 0 Å². The zero-order valence-electron chi connectivity index (χ0n) is 12.7. The van der Waals surface area contributed by atoms with Gasteiger partial charge in [-0.05, 0) is 18.2 Å². The Hall–Kier alpha value is -2.40. The summed E-state index contributed by atoms with van der Waals surface area (Å²) in [6.07, 6.45) is 1.84. The first kappa shape index (κ1) is 16.0. The topological polar surface area (TPSA) is 91.9 Å². The van der Waals surface area contributed by atoms with E-state index in [0.717, 1.165) is 12.1 Å². The van der Waals surface area contributed by atoms with Crippen molar-refractivity contribution < 1.29 is 8.42 Å². The molecule has 1 aromatic carbocycles. The highest BCUT2D eigenvalue weighted by molar-refractivity contribution is 7.92. The van der Waals surface area contributed by atoms with Gasteiger partial charge in [0.1, 0.15) is 5.82 Å². The largest absolute Gasteiger partial charge is 0.317 e. The van der Waals surface area contributed by atoms with Crippen LogP contribution in [0, 0.1) is 11.3 Å². The van der Waals surface area contributed by atoms with Crippen LogP contribution < -0.4 is 4.31 Å². The third kappa shape index (κ3) is 3.26. The van der Waals surface area contributed by atoms with Crippen molar-refractivity contribution in [1.29, 1.82) is 5.26 Å². The molecule has 8 heteroatoms. The van der Waals surface area contributed by atoms with Crippen LogP contribution in [0.1, 0.15) is 24.1 Å². The number of rotatable bonds is 5. The molecule has 0 bridgehead atoms. The van der Waals surface area contributed by atoms with Crippen molar-refractivity contribution in [2.24, 2.45) is 7.05 Å². The lowest BCUT2D eigenvalue weighted by atomic mass is 10.2. The van der Waals surface area contributed by atoms with E-state index in [-0.39, 0.29) is 6.54 Å². The average Bonchev–Trinajstić information content (AvgIpc) is 2.84.